The van der Waals surface area contributed by atoms with Crippen molar-refractivity contribution in [2.75, 3.05) is 0 Å². The zero-order valence-electron chi connectivity index (χ0n) is 13.2. The summed E-state index contributed by atoms with van der Waals surface area (Å²) in [5.74, 6) is -1.16. The summed E-state index contributed by atoms with van der Waals surface area (Å²) in [6.45, 7) is 2.04. The van der Waals surface area contributed by atoms with E-state index in [1.807, 2.05) is 36.1 Å². The van der Waals surface area contributed by atoms with E-state index in [0.29, 0.717) is 30.3 Å². The van der Waals surface area contributed by atoms with Crippen LogP contribution in [0.25, 0.3) is 0 Å². The second kappa shape index (κ2) is 6.52. The third-order valence-corrected chi connectivity index (χ3v) is 5.35. The molecule has 1 amide bonds. The molecule has 2 fully saturated rings. The number of carboxylic acids is 1. The summed E-state index contributed by atoms with van der Waals surface area (Å²) < 4.78 is 0. The van der Waals surface area contributed by atoms with Crippen LogP contribution in [-0.2, 0) is 9.59 Å². The van der Waals surface area contributed by atoms with Crippen molar-refractivity contribution in [3.63, 3.8) is 0 Å². The number of carboxylic acid groups (broad SMARTS) is 1. The molecule has 2 aliphatic carbocycles. The van der Waals surface area contributed by atoms with Gasteiger partial charge in [0.2, 0.25) is 5.91 Å². The summed E-state index contributed by atoms with van der Waals surface area (Å²) in [7, 11) is 0. The summed E-state index contributed by atoms with van der Waals surface area (Å²) in [5, 5.41) is 9.83. The molecular formula is C18H22ClNO3. The second-order valence-corrected chi connectivity index (χ2v) is 7.19. The monoisotopic (exact) mass is 335 g/mol. The number of hydrogen-bond donors (Lipinski definition) is 1. The number of nitrogens with zero attached hydrogens (tertiary/aromatic N) is 1. The summed E-state index contributed by atoms with van der Waals surface area (Å²) in [4.78, 5) is 26.1. The summed E-state index contributed by atoms with van der Waals surface area (Å²) in [6.07, 6.45) is 3.86. The maximum Gasteiger partial charge on any atom is 0.306 e. The lowest BCUT2D eigenvalue weighted by atomic mass is 10.0. The third-order valence-electron chi connectivity index (χ3n) is 5.10. The molecule has 5 heteroatoms. The first-order chi connectivity index (χ1) is 11.0. The van der Waals surface area contributed by atoms with Crippen LogP contribution in [0.3, 0.4) is 0 Å². The van der Waals surface area contributed by atoms with Crippen molar-refractivity contribution in [3.8, 4) is 0 Å². The van der Waals surface area contributed by atoms with Crippen LogP contribution >= 0.6 is 11.6 Å². The van der Waals surface area contributed by atoms with Crippen LogP contribution in [0, 0.1) is 11.8 Å². The van der Waals surface area contributed by atoms with Crippen LogP contribution in [0.2, 0.25) is 5.02 Å². The maximum atomic E-state index is 13.0. The number of benzene rings is 1. The van der Waals surface area contributed by atoms with Gasteiger partial charge in [0.25, 0.3) is 0 Å². The molecule has 1 aromatic rings. The molecule has 1 N–H and O–H groups in total. The van der Waals surface area contributed by atoms with Gasteiger partial charge in [0, 0.05) is 17.0 Å². The fraction of sp³-hybridized carbons (Fsp3) is 0.556. The Bertz CT molecular complexity index is 597. The minimum atomic E-state index is -0.774. The van der Waals surface area contributed by atoms with E-state index in [2.05, 4.69) is 0 Å². The van der Waals surface area contributed by atoms with Crippen molar-refractivity contribution in [1.82, 2.24) is 4.90 Å². The standard InChI is InChI=1S/C18H22ClNO3/c1-11(12-4-6-15(19)7-5-12)20(16-8-9-16)17(21)13-2-3-14(10-13)18(22)23/h4-7,11,13-14,16H,2-3,8-10H2,1H3,(H,22,23)/t11?,13-,14+/m1/s1. The lowest BCUT2D eigenvalue weighted by molar-refractivity contribution is -0.142. The van der Waals surface area contributed by atoms with Crippen molar-refractivity contribution in [3.05, 3.63) is 34.9 Å². The maximum absolute atomic E-state index is 13.0. The Morgan fingerprint density at radius 2 is 1.74 bits per heavy atom. The van der Waals surface area contributed by atoms with Gasteiger partial charge < -0.3 is 10.0 Å². The first kappa shape index (κ1) is 16.3. The van der Waals surface area contributed by atoms with Gasteiger partial charge in [-0.15, -0.1) is 0 Å². The molecule has 1 unspecified atom stereocenters. The minimum absolute atomic E-state index is 0.00357. The molecule has 23 heavy (non-hydrogen) atoms. The van der Waals surface area contributed by atoms with Crippen LogP contribution in [0.5, 0.6) is 0 Å². The zero-order valence-corrected chi connectivity index (χ0v) is 14.0. The molecule has 0 bridgehead atoms. The average molecular weight is 336 g/mol. The van der Waals surface area contributed by atoms with E-state index in [1.54, 1.807) is 0 Å². The Kier molecular flexibility index (Phi) is 4.62. The Hall–Kier alpha value is -1.55. The van der Waals surface area contributed by atoms with Crippen LogP contribution in [0.1, 0.15) is 50.6 Å². The third kappa shape index (κ3) is 3.52. The number of aliphatic carboxylic acids is 1. The molecule has 1 aromatic carbocycles. The Morgan fingerprint density at radius 3 is 2.26 bits per heavy atom. The number of amides is 1. The van der Waals surface area contributed by atoms with Crippen LogP contribution in [-0.4, -0.2) is 27.9 Å². The molecule has 0 saturated heterocycles. The average Bonchev–Trinajstić information content (AvgIpc) is 3.22. The highest BCUT2D eigenvalue weighted by Gasteiger charge is 2.42. The quantitative estimate of drug-likeness (QED) is 0.888. The lowest BCUT2D eigenvalue weighted by Crippen LogP contribution is -2.39. The highest BCUT2D eigenvalue weighted by Crippen LogP contribution is 2.40. The van der Waals surface area contributed by atoms with E-state index in [1.165, 1.54) is 0 Å². The molecule has 0 spiro atoms. The van der Waals surface area contributed by atoms with Crippen LogP contribution in [0.15, 0.2) is 24.3 Å². The van der Waals surface area contributed by atoms with E-state index in [0.717, 1.165) is 18.4 Å². The molecule has 0 aliphatic heterocycles. The van der Waals surface area contributed by atoms with Crippen molar-refractivity contribution in [2.24, 2.45) is 11.8 Å². The molecule has 3 atom stereocenters. The fourth-order valence-electron chi connectivity index (χ4n) is 3.58. The fourth-order valence-corrected chi connectivity index (χ4v) is 3.71. The Morgan fingerprint density at radius 1 is 1.13 bits per heavy atom. The minimum Gasteiger partial charge on any atom is -0.481 e. The van der Waals surface area contributed by atoms with Gasteiger partial charge in [-0.1, -0.05) is 23.7 Å². The van der Waals surface area contributed by atoms with Crippen LogP contribution in [0.4, 0.5) is 0 Å². The predicted molar refractivity (Wildman–Crippen MR) is 88.2 cm³/mol. The molecule has 2 aliphatic rings. The van der Waals surface area contributed by atoms with Crippen molar-refractivity contribution >= 4 is 23.5 Å². The second-order valence-electron chi connectivity index (χ2n) is 6.75. The number of hydrogen-bond acceptors (Lipinski definition) is 2. The molecule has 4 nitrogen and oxygen atoms in total. The van der Waals surface area contributed by atoms with E-state index in [9.17, 15) is 9.59 Å². The SMILES string of the molecule is CC(c1ccc(Cl)cc1)N(C(=O)[C@@H]1CC[C@H](C(=O)O)C1)C1CC1. The Balaban J connectivity index is 1.75. The molecular weight excluding hydrogens is 314 g/mol. The summed E-state index contributed by atoms with van der Waals surface area (Å²) in [5.41, 5.74) is 1.07. The first-order valence-corrected chi connectivity index (χ1v) is 8.65. The smallest absolute Gasteiger partial charge is 0.306 e. The van der Waals surface area contributed by atoms with Crippen molar-refractivity contribution in [2.45, 2.75) is 51.1 Å². The molecule has 0 radical (unpaired) electrons. The van der Waals surface area contributed by atoms with Gasteiger partial charge in [-0.05, 0) is 56.7 Å². The van der Waals surface area contributed by atoms with Gasteiger partial charge in [-0.2, -0.15) is 0 Å². The molecule has 0 heterocycles. The zero-order chi connectivity index (χ0) is 16.6. The van der Waals surface area contributed by atoms with Gasteiger partial charge in [-0.25, -0.2) is 0 Å². The van der Waals surface area contributed by atoms with Gasteiger partial charge in [-0.3, -0.25) is 9.59 Å². The number of rotatable bonds is 5. The first-order valence-electron chi connectivity index (χ1n) is 8.28. The lowest BCUT2D eigenvalue weighted by Gasteiger charge is -2.32. The highest BCUT2D eigenvalue weighted by atomic mass is 35.5. The van der Waals surface area contributed by atoms with Gasteiger partial charge in [0.15, 0.2) is 0 Å². The largest absolute Gasteiger partial charge is 0.481 e. The summed E-state index contributed by atoms with van der Waals surface area (Å²) >= 11 is 5.95. The highest BCUT2D eigenvalue weighted by molar-refractivity contribution is 6.30. The number of carbonyl (C=O) groups is 2. The molecule has 0 aromatic heterocycles. The predicted octanol–water partition coefficient (Wildman–Crippen LogP) is 3.89. The molecule has 2 saturated carbocycles. The van der Waals surface area contributed by atoms with E-state index < -0.39 is 5.97 Å². The topological polar surface area (TPSA) is 57.6 Å². The van der Waals surface area contributed by atoms with Crippen molar-refractivity contribution < 1.29 is 14.7 Å². The van der Waals surface area contributed by atoms with Crippen molar-refractivity contribution in [1.29, 1.82) is 0 Å². The number of carbonyl (C=O) groups excluding carboxylic acids is 1. The number of halogens is 1. The van der Waals surface area contributed by atoms with E-state index >= 15 is 0 Å². The summed E-state index contributed by atoms with van der Waals surface area (Å²) in [6, 6.07) is 7.92. The van der Waals surface area contributed by atoms with Gasteiger partial charge in [0.1, 0.15) is 0 Å². The normalized spacial score (nSPS) is 25.1. The van der Waals surface area contributed by atoms with Crippen LogP contribution < -0.4 is 0 Å². The molecule has 124 valence electrons. The van der Waals surface area contributed by atoms with E-state index in [4.69, 9.17) is 16.7 Å². The Labute approximate surface area is 141 Å². The van der Waals surface area contributed by atoms with E-state index in [-0.39, 0.29) is 23.8 Å². The van der Waals surface area contributed by atoms with Gasteiger partial charge in [0.05, 0.1) is 12.0 Å². The molecule has 3 rings (SSSR count). The van der Waals surface area contributed by atoms with Gasteiger partial charge >= 0.3 is 5.97 Å².